The summed E-state index contributed by atoms with van der Waals surface area (Å²) < 4.78 is 27.0. The molecule has 152 valence electrons. The molecule has 2 saturated carbocycles. The third-order valence-electron chi connectivity index (χ3n) is 6.59. The number of piperazine rings is 1. The molecule has 28 heavy (non-hydrogen) atoms. The maximum absolute atomic E-state index is 12.9. The summed E-state index contributed by atoms with van der Waals surface area (Å²) in [5, 5.41) is 11.2. The van der Waals surface area contributed by atoms with E-state index in [1.807, 2.05) is 0 Å². The van der Waals surface area contributed by atoms with E-state index in [0.29, 0.717) is 31.3 Å². The Bertz CT molecular complexity index is 879. The standard InChI is InChI=1S/C19H25N3O5S/c23-19(13-16-12-14-5-6-15(16)11-14)20-7-9-21(10-8-20)28(26,27)18-4-2-1-3-17(18)22(24)25/h1-4,14-16H,5-13H2/t14-,15-,16+/m1/s1. The summed E-state index contributed by atoms with van der Waals surface area (Å²) in [5.41, 5.74) is -0.419. The predicted molar refractivity (Wildman–Crippen MR) is 102 cm³/mol. The Labute approximate surface area is 164 Å². The summed E-state index contributed by atoms with van der Waals surface area (Å²) in [6.07, 6.45) is 5.53. The Hall–Kier alpha value is -2.00. The number of amides is 1. The van der Waals surface area contributed by atoms with E-state index >= 15 is 0 Å². The number of hydrogen-bond donors (Lipinski definition) is 0. The van der Waals surface area contributed by atoms with Crippen molar-refractivity contribution in [2.75, 3.05) is 26.2 Å². The van der Waals surface area contributed by atoms with Gasteiger partial charge in [0.05, 0.1) is 4.92 Å². The van der Waals surface area contributed by atoms with Crippen LogP contribution in [0.1, 0.15) is 32.1 Å². The lowest BCUT2D eigenvalue weighted by molar-refractivity contribution is -0.387. The average molecular weight is 407 g/mol. The zero-order valence-electron chi connectivity index (χ0n) is 15.7. The number of nitrogens with zero attached hydrogens (tertiary/aromatic N) is 3. The van der Waals surface area contributed by atoms with Gasteiger partial charge in [-0.25, -0.2) is 8.42 Å². The van der Waals surface area contributed by atoms with Crippen LogP contribution in [0.3, 0.4) is 0 Å². The highest BCUT2D eigenvalue weighted by Crippen LogP contribution is 2.49. The van der Waals surface area contributed by atoms with E-state index in [9.17, 15) is 23.3 Å². The van der Waals surface area contributed by atoms with Crippen molar-refractivity contribution in [1.82, 2.24) is 9.21 Å². The first-order valence-electron chi connectivity index (χ1n) is 9.87. The van der Waals surface area contributed by atoms with Crippen LogP contribution in [0, 0.1) is 27.9 Å². The smallest absolute Gasteiger partial charge is 0.289 e. The summed E-state index contributed by atoms with van der Waals surface area (Å²) >= 11 is 0. The lowest BCUT2D eigenvalue weighted by atomic mass is 9.86. The Morgan fingerprint density at radius 1 is 1.11 bits per heavy atom. The fraction of sp³-hybridized carbons (Fsp3) is 0.632. The molecule has 1 heterocycles. The van der Waals surface area contributed by atoms with Gasteiger partial charge in [0, 0.05) is 38.7 Å². The fourth-order valence-electron chi connectivity index (χ4n) is 5.12. The largest absolute Gasteiger partial charge is 0.340 e. The zero-order chi connectivity index (χ0) is 19.9. The van der Waals surface area contributed by atoms with E-state index in [0.717, 1.165) is 12.3 Å². The molecule has 3 aliphatic rings. The second-order valence-corrected chi connectivity index (χ2v) is 10.1. The Morgan fingerprint density at radius 3 is 2.43 bits per heavy atom. The first kappa shape index (κ1) is 19.3. The highest BCUT2D eigenvalue weighted by Gasteiger charge is 2.41. The van der Waals surface area contributed by atoms with Crippen molar-refractivity contribution in [1.29, 1.82) is 0 Å². The van der Waals surface area contributed by atoms with E-state index in [1.165, 1.54) is 47.8 Å². The SMILES string of the molecule is O=C(C[C@@H]1C[C@@H]2CC[C@@H]1C2)N1CCN(S(=O)(=O)c2ccccc2[N+](=O)[O-])CC1. The van der Waals surface area contributed by atoms with Crippen LogP contribution in [0.4, 0.5) is 5.69 Å². The van der Waals surface area contributed by atoms with Gasteiger partial charge in [-0.15, -0.1) is 0 Å². The minimum atomic E-state index is -3.96. The number of hydrogen-bond acceptors (Lipinski definition) is 5. The number of fused-ring (bicyclic) bond motifs is 2. The molecule has 3 atom stereocenters. The maximum atomic E-state index is 12.9. The Balaban J connectivity index is 1.38. The van der Waals surface area contributed by atoms with Crippen LogP contribution >= 0.6 is 0 Å². The molecule has 0 radical (unpaired) electrons. The third kappa shape index (κ3) is 3.53. The Morgan fingerprint density at radius 2 is 1.82 bits per heavy atom. The zero-order valence-corrected chi connectivity index (χ0v) is 16.5. The molecule has 0 N–H and O–H groups in total. The van der Waals surface area contributed by atoms with Crippen LogP contribution in [-0.4, -0.2) is 54.6 Å². The number of benzene rings is 1. The molecule has 0 spiro atoms. The minimum Gasteiger partial charge on any atom is -0.340 e. The van der Waals surface area contributed by atoms with E-state index in [-0.39, 0.29) is 23.9 Å². The van der Waals surface area contributed by atoms with E-state index in [4.69, 9.17) is 0 Å². The van der Waals surface area contributed by atoms with Crippen molar-refractivity contribution < 1.29 is 18.1 Å². The lowest BCUT2D eigenvalue weighted by Crippen LogP contribution is -2.50. The van der Waals surface area contributed by atoms with E-state index < -0.39 is 20.6 Å². The number of carbonyl (C=O) groups is 1. The quantitative estimate of drug-likeness (QED) is 0.550. The minimum absolute atomic E-state index is 0.111. The van der Waals surface area contributed by atoms with Crippen LogP contribution < -0.4 is 0 Å². The second-order valence-electron chi connectivity index (χ2n) is 8.15. The van der Waals surface area contributed by atoms with Crippen molar-refractivity contribution in [2.45, 2.75) is 37.0 Å². The summed E-state index contributed by atoms with van der Waals surface area (Å²) in [7, 11) is -3.96. The van der Waals surface area contributed by atoms with Crippen molar-refractivity contribution in [2.24, 2.45) is 17.8 Å². The second kappa shape index (κ2) is 7.44. The number of para-hydroxylation sites is 1. The summed E-state index contributed by atoms with van der Waals surface area (Å²) in [5.74, 6) is 2.08. The molecule has 1 aromatic carbocycles. The number of carbonyl (C=O) groups excluding carboxylic acids is 1. The van der Waals surface area contributed by atoms with Gasteiger partial charge in [0.15, 0.2) is 4.90 Å². The molecule has 1 aromatic rings. The van der Waals surface area contributed by atoms with Crippen LogP contribution in [0.15, 0.2) is 29.2 Å². The summed E-state index contributed by atoms with van der Waals surface area (Å²) in [4.78, 5) is 24.6. The first-order chi connectivity index (χ1) is 13.4. The van der Waals surface area contributed by atoms with Crippen LogP contribution in [-0.2, 0) is 14.8 Å². The van der Waals surface area contributed by atoms with Gasteiger partial charge in [-0.05, 0) is 43.1 Å². The van der Waals surface area contributed by atoms with Crippen LogP contribution in [0.25, 0.3) is 0 Å². The van der Waals surface area contributed by atoms with Gasteiger partial charge in [-0.1, -0.05) is 18.6 Å². The fourth-order valence-corrected chi connectivity index (χ4v) is 6.70. The molecule has 9 heteroatoms. The first-order valence-corrected chi connectivity index (χ1v) is 11.3. The van der Waals surface area contributed by atoms with Crippen molar-refractivity contribution >= 4 is 21.6 Å². The highest BCUT2D eigenvalue weighted by molar-refractivity contribution is 7.89. The van der Waals surface area contributed by atoms with Crippen LogP contribution in [0.2, 0.25) is 0 Å². The molecule has 0 aromatic heterocycles. The van der Waals surface area contributed by atoms with Gasteiger partial charge in [0.2, 0.25) is 15.9 Å². The van der Waals surface area contributed by atoms with Crippen molar-refractivity contribution in [3.05, 3.63) is 34.4 Å². The molecular weight excluding hydrogens is 382 g/mol. The van der Waals surface area contributed by atoms with Crippen LogP contribution in [0.5, 0.6) is 0 Å². The summed E-state index contributed by atoms with van der Waals surface area (Å²) in [6.45, 7) is 0.993. The molecule has 1 aliphatic heterocycles. The molecule has 2 aliphatic carbocycles. The van der Waals surface area contributed by atoms with Gasteiger partial charge in [-0.2, -0.15) is 4.31 Å². The third-order valence-corrected chi connectivity index (χ3v) is 8.54. The number of nitro groups is 1. The maximum Gasteiger partial charge on any atom is 0.289 e. The molecule has 8 nitrogen and oxygen atoms in total. The van der Waals surface area contributed by atoms with Gasteiger partial charge >= 0.3 is 0 Å². The van der Waals surface area contributed by atoms with Gasteiger partial charge < -0.3 is 4.90 Å². The number of rotatable bonds is 5. The summed E-state index contributed by atoms with van der Waals surface area (Å²) in [6, 6.07) is 5.39. The molecule has 0 unspecified atom stereocenters. The molecule has 2 bridgehead atoms. The molecule has 1 saturated heterocycles. The molecular formula is C19H25N3O5S. The number of nitro benzene ring substituents is 1. The Kier molecular flexibility index (Phi) is 5.13. The van der Waals surface area contributed by atoms with Crippen molar-refractivity contribution in [3.63, 3.8) is 0 Å². The van der Waals surface area contributed by atoms with Crippen molar-refractivity contribution in [3.8, 4) is 0 Å². The van der Waals surface area contributed by atoms with Gasteiger partial charge in [0.1, 0.15) is 0 Å². The van der Waals surface area contributed by atoms with E-state index in [2.05, 4.69) is 0 Å². The monoisotopic (exact) mass is 407 g/mol. The normalized spacial score (nSPS) is 27.9. The molecule has 1 amide bonds. The topological polar surface area (TPSA) is 101 Å². The predicted octanol–water partition coefficient (Wildman–Crippen LogP) is 2.25. The van der Waals surface area contributed by atoms with Gasteiger partial charge in [-0.3, -0.25) is 14.9 Å². The number of sulfonamides is 1. The van der Waals surface area contributed by atoms with Gasteiger partial charge in [0.25, 0.3) is 5.69 Å². The highest BCUT2D eigenvalue weighted by atomic mass is 32.2. The average Bonchev–Trinajstić information content (AvgIpc) is 3.31. The van der Waals surface area contributed by atoms with E-state index in [1.54, 1.807) is 4.90 Å². The lowest BCUT2D eigenvalue weighted by Gasteiger charge is -2.35. The molecule has 4 rings (SSSR count). The molecule has 3 fully saturated rings.